The number of hydrogen-bond donors (Lipinski definition) is 2. The van der Waals surface area contributed by atoms with Crippen LogP contribution in [0.4, 0.5) is 11.5 Å². The minimum Gasteiger partial charge on any atom is -0.495 e. The Hall–Kier alpha value is -2.52. The van der Waals surface area contributed by atoms with Crippen LogP contribution in [0.15, 0.2) is 35.4 Å². The number of carboxylic acid groups (broad SMARTS) is 1. The van der Waals surface area contributed by atoms with E-state index < -0.39 is 16.0 Å². The minimum absolute atomic E-state index is 0.0460. The van der Waals surface area contributed by atoms with Crippen LogP contribution in [-0.2, 0) is 10.0 Å². The number of carboxylic acids is 1. The summed E-state index contributed by atoms with van der Waals surface area (Å²) in [5.74, 6) is -0.531. The van der Waals surface area contributed by atoms with Gasteiger partial charge in [0.2, 0.25) is 0 Å². The summed E-state index contributed by atoms with van der Waals surface area (Å²) in [5, 5.41) is 9.74. The van der Waals surface area contributed by atoms with Crippen molar-refractivity contribution in [2.45, 2.75) is 31.6 Å². The fraction of sp³-hybridized carbons (Fsp3) is 0.368. The lowest BCUT2D eigenvalue weighted by Gasteiger charge is -2.23. The molecule has 2 N–H and O–H groups in total. The van der Waals surface area contributed by atoms with E-state index in [0.29, 0.717) is 24.7 Å². The molecule has 8 nitrogen and oxygen atoms in total. The molecule has 10 heteroatoms. The number of unbranched alkanes of at least 4 members (excludes halogenated alkanes) is 1. The summed E-state index contributed by atoms with van der Waals surface area (Å²) in [4.78, 5) is 17.7. The molecule has 158 valence electrons. The fourth-order valence-electron chi connectivity index (χ4n) is 2.71. The lowest BCUT2D eigenvalue weighted by atomic mass is 10.2. The van der Waals surface area contributed by atoms with Gasteiger partial charge in [-0.1, -0.05) is 24.9 Å². The highest BCUT2D eigenvalue weighted by Crippen LogP contribution is 2.28. The Kier molecular flexibility index (Phi) is 7.69. The smallest absolute Gasteiger partial charge is 0.339 e. The molecule has 0 fully saturated rings. The van der Waals surface area contributed by atoms with Crippen LogP contribution in [0.1, 0.15) is 37.0 Å². The Labute approximate surface area is 175 Å². The van der Waals surface area contributed by atoms with Crippen LogP contribution >= 0.6 is 11.6 Å². The van der Waals surface area contributed by atoms with Gasteiger partial charge in [-0.25, -0.2) is 18.2 Å². The lowest BCUT2D eigenvalue weighted by Crippen LogP contribution is -2.27. The average Bonchev–Trinajstić information content (AvgIpc) is 2.68. The third kappa shape index (κ3) is 5.51. The molecular weight excluding hydrogens is 418 g/mol. The molecule has 0 unspecified atom stereocenters. The van der Waals surface area contributed by atoms with E-state index in [1.807, 2.05) is 18.7 Å². The second-order valence-corrected chi connectivity index (χ2v) is 8.32. The number of ether oxygens (including phenoxy) is 1. The van der Waals surface area contributed by atoms with Crippen LogP contribution in [-0.4, -0.2) is 44.7 Å². The van der Waals surface area contributed by atoms with Gasteiger partial charge < -0.3 is 14.7 Å². The highest BCUT2D eigenvalue weighted by molar-refractivity contribution is 7.92. The number of nitrogens with one attached hydrogen (secondary N) is 1. The highest BCUT2D eigenvalue weighted by atomic mass is 35.5. The number of nitrogens with zero attached hydrogens (tertiary/aromatic N) is 2. The van der Waals surface area contributed by atoms with Crippen molar-refractivity contribution in [3.8, 4) is 5.75 Å². The molecule has 0 aliphatic heterocycles. The van der Waals surface area contributed by atoms with Crippen LogP contribution in [0.25, 0.3) is 0 Å². The maximum atomic E-state index is 12.7. The fourth-order valence-corrected chi connectivity index (χ4v) is 4.10. The Balaban J connectivity index is 2.36. The third-order valence-corrected chi connectivity index (χ3v) is 5.92. The van der Waals surface area contributed by atoms with E-state index in [-0.39, 0.29) is 21.2 Å². The standard InChI is InChI=1S/C19H24ClN3O5S/c1-4-6-9-23(5-2)18-15(19(24)25)10-13(12-21-18)22-29(26,27)14-7-8-17(28-3)16(20)11-14/h7-8,10-12,22H,4-6,9H2,1-3H3,(H,24,25). The van der Waals surface area contributed by atoms with Crippen molar-refractivity contribution >= 4 is 39.1 Å². The van der Waals surface area contributed by atoms with Crippen molar-refractivity contribution in [3.63, 3.8) is 0 Å². The number of carbonyl (C=O) groups is 1. The number of rotatable bonds is 10. The minimum atomic E-state index is -3.99. The van der Waals surface area contributed by atoms with Gasteiger partial charge in [0.1, 0.15) is 17.1 Å². The van der Waals surface area contributed by atoms with Crippen LogP contribution in [0.3, 0.4) is 0 Å². The third-order valence-electron chi connectivity index (χ3n) is 4.25. The molecular formula is C19H24ClN3O5S. The van der Waals surface area contributed by atoms with Gasteiger partial charge in [0.25, 0.3) is 10.0 Å². The molecule has 0 aliphatic carbocycles. The Bertz CT molecular complexity index is 982. The first kappa shape index (κ1) is 22.8. The topological polar surface area (TPSA) is 109 Å². The van der Waals surface area contributed by atoms with Crippen LogP contribution in [0, 0.1) is 0 Å². The van der Waals surface area contributed by atoms with Crippen molar-refractivity contribution in [3.05, 3.63) is 41.0 Å². The summed E-state index contributed by atoms with van der Waals surface area (Å²) < 4.78 is 32.7. The summed E-state index contributed by atoms with van der Waals surface area (Å²) in [6.07, 6.45) is 3.15. The number of benzene rings is 1. The molecule has 0 saturated heterocycles. The molecule has 1 aromatic heterocycles. The van der Waals surface area contributed by atoms with Crippen LogP contribution < -0.4 is 14.4 Å². The quantitative estimate of drug-likeness (QED) is 0.576. The number of aromatic carboxylic acids is 1. The van der Waals surface area contributed by atoms with Crippen molar-refractivity contribution < 1.29 is 23.1 Å². The molecule has 2 aromatic rings. The van der Waals surface area contributed by atoms with Gasteiger partial charge in [-0.3, -0.25) is 4.72 Å². The van der Waals surface area contributed by atoms with Gasteiger partial charge in [0, 0.05) is 13.1 Å². The van der Waals surface area contributed by atoms with E-state index in [1.165, 1.54) is 37.6 Å². The molecule has 0 atom stereocenters. The number of halogens is 1. The van der Waals surface area contributed by atoms with Gasteiger partial charge in [-0.2, -0.15) is 0 Å². The van der Waals surface area contributed by atoms with Crippen LogP contribution in [0.5, 0.6) is 5.75 Å². The van der Waals surface area contributed by atoms with E-state index in [0.717, 1.165) is 12.8 Å². The molecule has 0 amide bonds. The van der Waals surface area contributed by atoms with Gasteiger partial charge in [0.15, 0.2) is 0 Å². The van der Waals surface area contributed by atoms with E-state index >= 15 is 0 Å². The largest absolute Gasteiger partial charge is 0.495 e. The van der Waals surface area contributed by atoms with E-state index in [1.54, 1.807) is 0 Å². The Morgan fingerprint density at radius 1 is 1.31 bits per heavy atom. The zero-order valence-corrected chi connectivity index (χ0v) is 18.0. The van der Waals surface area contributed by atoms with Gasteiger partial charge in [-0.15, -0.1) is 0 Å². The monoisotopic (exact) mass is 441 g/mol. The predicted molar refractivity (Wildman–Crippen MR) is 113 cm³/mol. The number of aromatic nitrogens is 1. The molecule has 1 heterocycles. The first-order chi connectivity index (χ1) is 13.7. The van der Waals surface area contributed by atoms with Gasteiger partial charge >= 0.3 is 5.97 Å². The van der Waals surface area contributed by atoms with E-state index in [2.05, 4.69) is 9.71 Å². The van der Waals surface area contributed by atoms with Crippen LogP contribution in [0.2, 0.25) is 5.02 Å². The second kappa shape index (κ2) is 9.80. The molecule has 0 radical (unpaired) electrons. The van der Waals surface area contributed by atoms with Gasteiger partial charge in [0.05, 0.1) is 28.9 Å². The zero-order chi connectivity index (χ0) is 21.6. The van der Waals surface area contributed by atoms with Gasteiger partial charge in [-0.05, 0) is 37.6 Å². The molecule has 0 bridgehead atoms. The molecule has 1 aromatic carbocycles. The summed E-state index contributed by atoms with van der Waals surface area (Å²) in [5.41, 5.74) is -0.0273. The maximum Gasteiger partial charge on any atom is 0.339 e. The van der Waals surface area contributed by atoms with Crippen molar-refractivity contribution in [2.24, 2.45) is 0 Å². The van der Waals surface area contributed by atoms with Crippen molar-refractivity contribution in [1.29, 1.82) is 0 Å². The first-order valence-corrected chi connectivity index (χ1v) is 10.9. The maximum absolute atomic E-state index is 12.7. The Morgan fingerprint density at radius 2 is 2.03 bits per heavy atom. The second-order valence-electron chi connectivity index (χ2n) is 6.24. The molecule has 0 aliphatic rings. The summed E-state index contributed by atoms with van der Waals surface area (Å²) in [7, 11) is -2.57. The van der Waals surface area contributed by atoms with Crippen molar-refractivity contribution in [1.82, 2.24) is 4.98 Å². The molecule has 2 rings (SSSR count). The lowest BCUT2D eigenvalue weighted by molar-refractivity contribution is 0.0697. The predicted octanol–water partition coefficient (Wildman–Crippen LogP) is 3.87. The molecule has 0 saturated carbocycles. The molecule has 29 heavy (non-hydrogen) atoms. The number of methoxy groups -OCH3 is 1. The highest BCUT2D eigenvalue weighted by Gasteiger charge is 2.21. The first-order valence-electron chi connectivity index (χ1n) is 9.08. The number of pyridine rings is 1. The zero-order valence-electron chi connectivity index (χ0n) is 16.5. The number of anilines is 2. The Morgan fingerprint density at radius 3 is 2.59 bits per heavy atom. The number of hydrogen-bond acceptors (Lipinski definition) is 6. The molecule has 0 spiro atoms. The number of sulfonamides is 1. The SMILES string of the molecule is CCCCN(CC)c1ncc(NS(=O)(=O)c2ccc(OC)c(Cl)c2)cc1C(=O)O. The van der Waals surface area contributed by atoms with Crippen molar-refractivity contribution in [2.75, 3.05) is 29.8 Å². The summed E-state index contributed by atoms with van der Waals surface area (Å²) >= 11 is 6.01. The summed E-state index contributed by atoms with van der Waals surface area (Å²) in [6, 6.07) is 5.30. The average molecular weight is 442 g/mol. The van der Waals surface area contributed by atoms with E-state index in [9.17, 15) is 18.3 Å². The summed E-state index contributed by atoms with van der Waals surface area (Å²) in [6.45, 7) is 5.20. The van der Waals surface area contributed by atoms with E-state index in [4.69, 9.17) is 16.3 Å². The normalized spacial score (nSPS) is 11.2.